The number of anilines is 2. The van der Waals surface area contributed by atoms with Crippen LogP contribution in [0.5, 0.6) is 5.75 Å². The van der Waals surface area contributed by atoms with Crippen molar-refractivity contribution in [3.63, 3.8) is 0 Å². The molecule has 6 amide bonds. The quantitative estimate of drug-likeness (QED) is 0.0510. The van der Waals surface area contributed by atoms with E-state index < -0.39 is 52.6 Å². The summed E-state index contributed by atoms with van der Waals surface area (Å²) in [6, 6.07) is 9.05. The Hall–Kier alpha value is -6.65. The van der Waals surface area contributed by atoms with Gasteiger partial charge in [-0.25, -0.2) is 13.8 Å². The molecule has 4 heterocycles. The van der Waals surface area contributed by atoms with Crippen molar-refractivity contribution in [2.45, 2.75) is 38.1 Å². The standard InChI is InChI=1S/C49H55ClF2N8O11/c1-3-38(63)58-16-18-59(19-17-58)45-32-29-33(50)41(42-34(51)10-5-11-36(42)61)43(52)44(32)55-49(56-45)53-15-14-39(64)57(2)20-22-69-24-26-71-28-27-70-25-23-68-21-6-8-30-7-4-9-31-40(30)48(67)60(47(31)66)35-12-13-37(62)54-46(35)65/h3-5,7,9-11,29,35,61H,1,6,8,12-28H2,2H3,(H,53,55,56)(H,54,62,65). The predicted molar refractivity (Wildman–Crippen MR) is 256 cm³/mol. The number of aryl methyl sites for hydroxylation is 1. The number of phenols is 1. The minimum atomic E-state index is -1.02. The lowest BCUT2D eigenvalue weighted by Crippen LogP contribution is -2.54. The van der Waals surface area contributed by atoms with Gasteiger partial charge in [-0.05, 0) is 55.2 Å². The lowest BCUT2D eigenvalue weighted by atomic mass is 9.99. The summed E-state index contributed by atoms with van der Waals surface area (Å²) in [6.07, 6.45) is 2.49. The number of piperazine rings is 1. The summed E-state index contributed by atoms with van der Waals surface area (Å²) in [6.45, 7) is 7.99. The first-order valence-corrected chi connectivity index (χ1v) is 23.6. The Morgan fingerprint density at radius 2 is 1.58 bits per heavy atom. The molecule has 19 nitrogen and oxygen atoms in total. The number of rotatable bonds is 24. The van der Waals surface area contributed by atoms with Crippen LogP contribution in [-0.4, -0.2) is 170 Å². The number of imide groups is 2. The molecule has 0 bridgehead atoms. The number of halogens is 3. The largest absolute Gasteiger partial charge is 0.507 e. The summed E-state index contributed by atoms with van der Waals surface area (Å²) in [5, 5.41) is 15.8. The third-order valence-electron chi connectivity index (χ3n) is 12.2. The van der Waals surface area contributed by atoms with E-state index in [1.165, 1.54) is 29.2 Å². The summed E-state index contributed by atoms with van der Waals surface area (Å²) < 4.78 is 53.9. The molecule has 2 fully saturated rings. The first kappa shape index (κ1) is 52.2. The van der Waals surface area contributed by atoms with Gasteiger partial charge in [0.25, 0.3) is 11.8 Å². The van der Waals surface area contributed by atoms with E-state index in [1.54, 1.807) is 30.1 Å². The van der Waals surface area contributed by atoms with Crippen molar-refractivity contribution in [3.05, 3.63) is 88.5 Å². The minimum Gasteiger partial charge on any atom is -0.507 e. The van der Waals surface area contributed by atoms with E-state index in [0.29, 0.717) is 103 Å². The van der Waals surface area contributed by atoms with Gasteiger partial charge in [0.1, 0.15) is 28.9 Å². The first-order chi connectivity index (χ1) is 34.3. The molecular weight excluding hydrogens is 950 g/mol. The molecule has 0 aliphatic carbocycles. The highest BCUT2D eigenvalue weighted by Gasteiger charge is 2.45. The number of benzene rings is 3. The van der Waals surface area contributed by atoms with E-state index in [-0.39, 0.29) is 82.8 Å². The second-order valence-electron chi connectivity index (χ2n) is 16.8. The molecule has 3 N–H and O–H groups in total. The van der Waals surface area contributed by atoms with Gasteiger partial charge in [-0.3, -0.25) is 39.0 Å². The zero-order valence-corrected chi connectivity index (χ0v) is 39.9. The number of nitrogens with zero attached hydrogens (tertiary/aromatic N) is 6. The first-order valence-electron chi connectivity index (χ1n) is 23.2. The zero-order valence-electron chi connectivity index (χ0n) is 39.2. The molecule has 1 atom stereocenters. The molecule has 0 spiro atoms. The Morgan fingerprint density at radius 1 is 0.901 bits per heavy atom. The molecule has 3 aliphatic rings. The SMILES string of the molecule is C=CC(=O)N1CCN(c2nc(NCCC(=O)N(C)CCOCCOCCOCCOCCCc3cccc4c3C(=O)N(C3CCC(=O)NC3=O)C4=O)nc3c(F)c(-c4c(O)cccc4F)c(Cl)cc23)CC1. The number of carbonyl (C=O) groups is 6. The fourth-order valence-electron chi connectivity index (χ4n) is 8.48. The van der Waals surface area contributed by atoms with Gasteiger partial charge < -0.3 is 44.1 Å². The number of aromatic hydroxyl groups is 1. The van der Waals surface area contributed by atoms with Crippen molar-refractivity contribution in [1.82, 2.24) is 30.0 Å². The van der Waals surface area contributed by atoms with Crippen LogP contribution in [-0.2, 0) is 44.5 Å². The Bertz CT molecular complexity index is 2650. The summed E-state index contributed by atoms with van der Waals surface area (Å²) in [7, 11) is 1.64. The molecule has 4 aromatic rings. The van der Waals surface area contributed by atoms with Gasteiger partial charge in [0.05, 0.1) is 68.0 Å². The van der Waals surface area contributed by atoms with E-state index in [2.05, 4.69) is 27.2 Å². The normalized spacial score (nSPS) is 15.9. The van der Waals surface area contributed by atoms with Crippen molar-refractivity contribution in [2.75, 3.05) is 109 Å². The van der Waals surface area contributed by atoms with Gasteiger partial charge in [-0.15, -0.1) is 0 Å². The number of amides is 6. The molecule has 2 saturated heterocycles. The van der Waals surface area contributed by atoms with E-state index in [4.69, 9.17) is 30.5 Å². The van der Waals surface area contributed by atoms with Crippen LogP contribution in [0.4, 0.5) is 20.5 Å². The third kappa shape index (κ3) is 12.5. The van der Waals surface area contributed by atoms with Crippen LogP contribution in [0.3, 0.4) is 0 Å². The number of hydrogen-bond acceptors (Lipinski definition) is 15. The average Bonchev–Trinajstić information content (AvgIpc) is 3.61. The molecule has 3 aromatic carbocycles. The number of likely N-dealkylation sites (N-methyl/N-ethyl adjacent to an activating group) is 1. The van der Waals surface area contributed by atoms with Gasteiger partial charge in [0.15, 0.2) is 5.82 Å². The second kappa shape index (κ2) is 24.5. The van der Waals surface area contributed by atoms with Crippen molar-refractivity contribution in [1.29, 1.82) is 0 Å². The molecular formula is C49H55ClF2N8O11. The predicted octanol–water partition coefficient (Wildman–Crippen LogP) is 4.13. The fraction of sp³-hybridized carbons (Fsp3) is 0.429. The molecule has 0 saturated carbocycles. The number of fused-ring (bicyclic) bond motifs is 2. The topological polar surface area (TPSA) is 222 Å². The van der Waals surface area contributed by atoms with Crippen molar-refractivity contribution >= 4 is 69.7 Å². The summed E-state index contributed by atoms with van der Waals surface area (Å²) in [5.41, 5.74) is 0.261. The summed E-state index contributed by atoms with van der Waals surface area (Å²) in [5.74, 6) is -4.60. The minimum absolute atomic E-state index is 0.00295. The van der Waals surface area contributed by atoms with Gasteiger partial charge in [0.2, 0.25) is 29.6 Å². The Labute approximate surface area is 413 Å². The van der Waals surface area contributed by atoms with Crippen molar-refractivity contribution in [3.8, 4) is 16.9 Å². The van der Waals surface area contributed by atoms with Gasteiger partial charge in [-0.2, -0.15) is 4.98 Å². The number of piperidine rings is 1. The van der Waals surface area contributed by atoms with Crippen molar-refractivity contribution < 1.29 is 61.6 Å². The molecule has 3 aliphatic heterocycles. The van der Waals surface area contributed by atoms with Crippen LogP contribution in [0.15, 0.2) is 55.1 Å². The van der Waals surface area contributed by atoms with Crippen LogP contribution in [0, 0.1) is 11.6 Å². The molecule has 0 radical (unpaired) electrons. The Balaban J connectivity index is 0.773. The maximum absolute atomic E-state index is 16.4. The Kier molecular flexibility index (Phi) is 18.0. The maximum Gasteiger partial charge on any atom is 0.262 e. The highest BCUT2D eigenvalue weighted by Crippen LogP contribution is 2.42. The summed E-state index contributed by atoms with van der Waals surface area (Å²) in [4.78, 5) is 90.6. The molecule has 378 valence electrons. The molecule has 71 heavy (non-hydrogen) atoms. The van der Waals surface area contributed by atoms with Gasteiger partial charge >= 0.3 is 0 Å². The maximum atomic E-state index is 16.4. The monoisotopic (exact) mass is 1000 g/mol. The second-order valence-corrected chi connectivity index (χ2v) is 17.2. The summed E-state index contributed by atoms with van der Waals surface area (Å²) >= 11 is 6.56. The van der Waals surface area contributed by atoms with E-state index >= 15 is 4.39 Å². The molecule has 1 aromatic heterocycles. The van der Waals surface area contributed by atoms with Crippen LogP contribution >= 0.6 is 11.6 Å². The van der Waals surface area contributed by atoms with Crippen LogP contribution < -0.4 is 15.5 Å². The number of aromatic nitrogens is 2. The number of ether oxygens (including phenoxy) is 4. The number of phenolic OH excluding ortho intramolecular Hbond substituents is 1. The fourth-order valence-corrected chi connectivity index (χ4v) is 8.76. The highest BCUT2D eigenvalue weighted by atomic mass is 35.5. The molecule has 7 rings (SSSR count). The lowest BCUT2D eigenvalue weighted by molar-refractivity contribution is -0.136. The van der Waals surface area contributed by atoms with Crippen LogP contribution in [0.1, 0.15) is 52.0 Å². The van der Waals surface area contributed by atoms with Gasteiger partial charge in [-0.1, -0.05) is 36.4 Å². The third-order valence-corrected chi connectivity index (χ3v) is 12.5. The average molecular weight is 1010 g/mol. The number of nitrogens with one attached hydrogen (secondary N) is 2. The molecule has 22 heteroatoms. The van der Waals surface area contributed by atoms with E-state index in [9.17, 15) is 38.3 Å². The lowest BCUT2D eigenvalue weighted by Gasteiger charge is -2.35. The number of carbonyl (C=O) groups excluding carboxylic acids is 6. The Morgan fingerprint density at radius 3 is 2.25 bits per heavy atom. The van der Waals surface area contributed by atoms with E-state index in [1.807, 2.05) is 4.90 Å². The van der Waals surface area contributed by atoms with Crippen molar-refractivity contribution in [2.24, 2.45) is 0 Å². The molecule has 1 unspecified atom stereocenters. The van der Waals surface area contributed by atoms with Crippen LogP contribution in [0.2, 0.25) is 5.02 Å². The van der Waals surface area contributed by atoms with Gasteiger partial charge in [0, 0.05) is 76.7 Å². The number of hydrogen-bond donors (Lipinski definition) is 3. The van der Waals surface area contributed by atoms with Crippen LogP contribution in [0.25, 0.3) is 22.0 Å². The zero-order chi connectivity index (χ0) is 50.6. The van der Waals surface area contributed by atoms with E-state index in [0.717, 1.165) is 11.0 Å². The smallest absolute Gasteiger partial charge is 0.262 e. The highest BCUT2D eigenvalue weighted by molar-refractivity contribution is 6.34.